The third-order valence-electron chi connectivity index (χ3n) is 5.22. The molecular weight excluding hydrogens is 475 g/mol. The summed E-state index contributed by atoms with van der Waals surface area (Å²) in [6, 6.07) is 19.4. The number of halogens is 2. The van der Waals surface area contributed by atoms with Crippen LogP contribution in [0.15, 0.2) is 78.2 Å². The molecule has 1 heterocycles. The topological polar surface area (TPSA) is 94.6 Å². The van der Waals surface area contributed by atoms with E-state index in [1.165, 1.54) is 12.2 Å². The Kier molecular flexibility index (Phi) is 6.78. The number of hydrogen-bond donors (Lipinski definition) is 1. The highest BCUT2D eigenvalue weighted by atomic mass is 35.5. The van der Waals surface area contributed by atoms with Crippen molar-refractivity contribution >= 4 is 35.2 Å². The molecule has 34 heavy (non-hydrogen) atoms. The monoisotopic (exact) mass is 492 g/mol. The molecule has 8 heteroatoms. The maximum absolute atomic E-state index is 12.3. The summed E-state index contributed by atoms with van der Waals surface area (Å²) in [4.78, 5) is 12.3. The first-order chi connectivity index (χ1) is 16.4. The van der Waals surface area contributed by atoms with Crippen molar-refractivity contribution < 1.29 is 19.0 Å². The van der Waals surface area contributed by atoms with Gasteiger partial charge >= 0.3 is 5.97 Å². The molecule has 0 fully saturated rings. The van der Waals surface area contributed by atoms with Crippen LogP contribution in [-0.4, -0.2) is 13.1 Å². The number of allylic oxidation sites excluding steroid dienone is 1. The van der Waals surface area contributed by atoms with E-state index in [0.29, 0.717) is 32.7 Å². The van der Waals surface area contributed by atoms with E-state index in [2.05, 4.69) is 6.07 Å². The second kappa shape index (κ2) is 9.92. The van der Waals surface area contributed by atoms with Crippen LogP contribution in [0.5, 0.6) is 17.2 Å². The van der Waals surface area contributed by atoms with Crippen molar-refractivity contribution in [1.82, 2.24) is 0 Å². The SMILES string of the molecule is COc1ccc(C2C(C#N)=C(N)Oc3cc(OC(=O)/C=C/c4ccc(Cl)cc4Cl)ccc32)cc1. The van der Waals surface area contributed by atoms with Gasteiger partial charge in [0, 0.05) is 27.8 Å². The third-order valence-corrected chi connectivity index (χ3v) is 5.78. The predicted octanol–water partition coefficient (Wildman–Crippen LogP) is 5.84. The fraction of sp³-hybridized carbons (Fsp3) is 0.0769. The summed E-state index contributed by atoms with van der Waals surface area (Å²) in [7, 11) is 1.58. The minimum absolute atomic E-state index is 0.00318. The van der Waals surface area contributed by atoms with Gasteiger partial charge in [0.2, 0.25) is 5.88 Å². The van der Waals surface area contributed by atoms with Gasteiger partial charge in [0.1, 0.15) is 28.9 Å². The number of nitrogens with two attached hydrogens (primary N) is 1. The van der Waals surface area contributed by atoms with Gasteiger partial charge in [-0.05, 0) is 47.5 Å². The summed E-state index contributed by atoms with van der Waals surface area (Å²) >= 11 is 12.0. The van der Waals surface area contributed by atoms with Crippen LogP contribution in [0.1, 0.15) is 22.6 Å². The van der Waals surface area contributed by atoms with Crippen molar-refractivity contribution in [2.75, 3.05) is 7.11 Å². The number of hydrogen-bond acceptors (Lipinski definition) is 6. The van der Waals surface area contributed by atoms with E-state index >= 15 is 0 Å². The van der Waals surface area contributed by atoms with E-state index in [0.717, 1.165) is 11.1 Å². The molecule has 1 aliphatic heterocycles. The first-order valence-corrected chi connectivity index (χ1v) is 10.9. The molecule has 0 saturated heterocycles. The van der Waals surface area contributed by atoms with Gasteiger partial charge in [-0.25, -0.2) is 4.79 Å². The largest absolute Gasteiger partial charge is 0.497 e. The number of fused-ring (bicyclic) bond motifs is 1. The van der Waals surface area contributed by atoms with E-state index in [1.807, 2.05) is 24.3 Å². The highest BCUT2D eigenvalue weighted by Crippen LogP contribution is 2.43. The molecule has 3 aromatic carbocycles. The van der Waals surface area contributed by atoms with E-state index in [1.54, 1.807) is 43.5 Å². The molecule has 0 bridgehead atoms. The fourth-order valence-corrected chi connectivity index (χ4v) is 4.05. The number of nitriles is 1. The molecule has 4 rings (SSSR count). The highest BCUT2D eigenvalue weighted by molar-refractivity contribution is 6.35. The average Bonchev–Trinajstić information content (AvgIpc) is 2.82. The van der Waals surface area contributed by atoms with Crippen molar-refractivity contribution in [2.24, 2.45) is 5.73 Å². The van der Waals surface area contributed by atoms with Crippen molar-refractivity contribution in [2.45, 2.75) is 5.92 Å². The van der Waals surface area contributed by atoms with E-state index in [4.69, 9.17) is 43.1 Å². The minimum Gasteiger partial charge on any atom is -0.497 e. The van der Waals surface area contributed by atoms with Gasteiger partial charge in [0.05, 0.1) is 13.0 Å². The van der Waals surface area contributed by atoms with Gasteiger partial charge in [-0.15, -0.1) is 0 Å². The fourth-order valence-electron chi connectivity index (χ4n) is 3.58. The van der Waals surface area contributed by atoms with E-state index in [9.17, 15) is 10.1 Å². The van der Waals surface area contributed by atoms with Crippen molar-refractivity contribution in [1.29, 1.82) is 5.26 Å². The van der Waals surface area contributed by atoms with Crippen LogP contribution in [0.4, 0.5) is 0 Å². The minimum atomic E-state index is -0.602. The number of carbonyl (C=O) groups is 1. The number of nitrogens with zero attached hydrogens (tertiary/aromatic N) is 1. The summed E-state index contributed by atoms with van der Waals surface area (Å²) in [5.41, 5.74) is 8.53. The molecule has 0 radical (unpaired) electrons. The van der Waals surface area contributed by atoms with E-state index in [-0.39, 0.29) is 11.6 Å². The second-order valence-electron chi connectivity index (χ2n) is 7.32. The number of methoxy groups -OCH3 is 1. The Balaban J connectivity index is 1.59. The molecule has 6 nitrogen and oxygen atoms in total. The zero-order valence-corrected chi connectivity index (χ0v) is 19.4. The number of rotatable bonds is 5. The molecule has 0 amide bonds. The standard InChI is InChI=1S/C26H18Cl2N2O4/c1-32-18-7-3-16(4-8-18)25-20-10-9-19(13-23(20)34-26(30)21(25)14-29)33-24(31)11-5-15-2-6-17(27)12-22(15)28/h2-13,25H,30H2,1H3/b11-5+. The van der Waals surface area contributed by atoms with Crippen molar-refractivity contribution in [3.63, 3.8) is 0 Å². The van der Waals surface area contributed by atoms with Crippen LogP contribution in [-0.2, 0) is 4.79 Å². The van der Waals surface area contributed by atoms with Crippen LogP contribution in [0.25, 0.3) is 6.08 Å². The maximum atomic E-state index is 12.3. The van der Waals surface area contributed by atoms with Crippen molar-refractivity contribution in [3.05, 3.63) is 105 Å². The Morgan fingerprint density at radius 1 is 1.09 bits per heavy atom. The predicted molar refractivity (Wildman–Crippen MR) is 130 cm³/mol. The lowest BCUT2D eigenvalue weighted by atomic mass is 9.83. The summed E-state index contributed by atoms with van der Waals surface area (Å²) in [6.45, 7) is 0. The van der Waals surface area contributed by atoms with Gasteiger partial charge in [0.25, 0.3) is 0 Å². The Bertz CT molecular complexity index is 1360. The highest BCUT2D eigenvalue weighted by Gasteiger charge is 2.31. The zero-order chi connectivity index (χ0) is 24.2. The van der Waals surface area contributed by atoms with Gasteiger partial charge in [-0.2, -0.15) is 5.26 Å². The average molecular weight is 493 g/mol. The molecule has 1 atom stereocenters. The number of carbonyl (C=O) groups excluding carboxylic acids is 1. The van der Waals surface area contributed by atoms with Crippen LogP contribution in [0.2, 0.25) is 10.0 Å². The molecular formula is C26H18Cl2N2O4. The molecule has 1 aliphatic rings. The zero-order valence-electron chi connectivity index (χ0n) is 17.9. The van der Waals surface area contributed by atoms with E-state index < -0.39 is 11.9 Å². The summed E-state index contributed by atoms with van der Waals surface area (Å²) in [5, 5.41) is 10.6. The Hall–Kier alpha value is -3.92. The van der Waals surface area contributed by atoms with Gasteiger partial charge < -0.3 is 19.9 Å². The molecule has 1 unspecified atom stereocenters. The van der Waals surface area contributed by atoms with Gasteiger partial charge in [0.15, 0.2) is 0 Å². The van der Waals surface area contributed by atoms with Crippen LogP contribution in [0, 0.1) is 11.3 Å². The smallest absolute Gasteiger partial charge is 0.336 e. The lowest BCUT2D eigenvalue weighted by Gasteiger charge is -2.26. The molecule has 3 aromatic rings. The summed E-state index contributed by atoms with van der Waals surface area (Å²) in [5.74, 6) is 0.314. The van der Waals surface area contributed by atoms with Crippen molar-refractivity contribution in [3.8, 4) is 23.3 Å². The van der Waals surface area contributed by atoms with Crippen LogP contribution in [0.3, 0.4) is 0 Å². The quantitative estimate of drug-likeness (QED) is 0.273. The first kappa shape index (κ1) is 23.2. The maximum Gasteiger partial charge on any atom is 0.336 e. The third kappa shape index (κ3) is 4.86. The summed E-state index contributed by atoms with van der Waals surface area (Å²) in [6.07, 6.45) is 2.80. The molecule has 2 N–H and O–H groups in total. The lowest BCUT2D eigenvalue weighted by Crippen LogP contribution is -2.21. The number of esters is 1. The summed E-state index contributed by atoms with van der Waals surface area (Å²) < 4.78 is 16.3. The number of benzene rings is 3. The molecule has 0 aliphatic carbocycles. The molecule has 0 spiro atoms. The Labute approximate surface area is 206 Å². The van der Waals surface area contributed by atoms with Crippen LogP contribution >= 0.6 is 23.2 Å². The number of ether oxygens (including phenoxy) is 3. The molecule has 170 valence electrons. The second-order valence-corrected chi connectivity index (χ2v) is 8.16. The molecule has 0 aromatic heterocycles. The molecule has 0 saturated carbocycles. The first-order valence-electron chi connectivity index (χ1n) is 10.1. The Morgan fingerprint density at radius 3 is 2.50 bits per heavy atom. The van der Waals surface area contributed by atoms with Crippen LogP contribution < -0.4 is 19.9 Å². The van der Waals surface area contributed by atoms with Gasteiger partial charge in [-0.1, -0.05) is 47.5 Å². The normalized spacial score (nSPS) is 14.8. The lowest BCUT2D eigenvalue weighted by molar-refractivity contribution is -0.128. The van der Waals surface area contributed by atoms with Gasteiger partial charge in [-0.3, -0.25) is 0 Å². The Morgan fingerprint density at radius 2 is 1.82 bits per heavy atom.